The van der Waals surface area contributed by atoms with Crippen LogP contribution in [-0.4, -0.2) is 21.7 Å². The Morgan fingerprint density at radius 1 is 1.05 bits per heavy atom. The largest absolute Gasteiger partial charge is 0.360 e. The van der Waals surface area contributed by atoms with E-state index in [4.69, 9.17) is 0 Å². The van der Waals surface area contributed by atoms with Gasteiger partial charge in [0.25, 0.3) is 0 Å². The molecule has 3 rings (SSSR count). The summed E-state index contributed by atoms with van der Waals surface area (Å²) in [5, 5.41) is 13.3. The van der Waals surface area contributed by atoms with Crippen molar-refractivity contribution in [1.82, 2.24) is 15.2 Å². The normalized spacial score (nSPS) is 10.5. The second-order valence-corrected chi connectivity index (χ2v) is 5.71. The van der Waals surface area contributed by atoms with Gasteiger partial charge in [0.1, 0.15) is 5.69 Å². The van der Waals surface area contributed by atoms with Gasteiger partial charge >= 0.3 is 0 Å². The number of benzene rings is 1. The van der Waals surface area contributed by atoms with Crippen LogP contribution < -0.4 is 5.32 Å². The number of pyridine rings is 1. The Balaban J connectivity index is 1.60. The molecule has 0 aliphatic heterocycles. The lowest BCUT2D eigenvalue weighted by Crippen LogP contribution is -2.05. The first-order valence-corrected chi connectivity index (χ1v) is 7.68. The van der Waals surface area contributed by atoms with E-state index in [0.717, 1.165) is 28.8 Å². The van der Waals surface area contributed by atoms with E-state index in [-0.39, 0.29) is 0 Å². The van der Waals surface area contributed by atoms with Crippen molar-refractivity contribution < 1.29 is 0 Å². The highest BCUT2D eigenvalue weighted by molar-refractivity contribution is 7.18. The van der Waals surface area contributed by atoms with E-state index in [2.05, 4.69) is 51.7 Å². The van der Waals surface area contributed by atoms with Gasteiger partial charge in [-0.15, -0.1) is 10.2 Å². The molecular weight excluding hydrogens is 280 g/mol. The van der Waals surface area contributed by atoms with Crippen molar-refractivity contribution in [1.29, 1.82) is 0 Å². The highest BCUT2D eigenvalue weighted by Crippen LogP contribution is 2.24. The number of nitrogens with one attached hydrogen (secondary N) is 1. The van der Waals surface area contributed by atoms with Gasteiger partial charge in [-0.2, -0.15) is 0 Å². The van der Waals surface area contributed by atoms with Crippen LogP contribution in [0.5, 0.6) is 0 Å². The fourth-order valence-electron chi connectivity index (χ4n) is 2.08. The summed E-state index contributed by atoms with van der Waals surface area (Å²) in [6.45, 7) is 2.99. The molecule has 3 aromatic rings. The fraction of sp³-hybridized carbons (Fsp3) is 0.188. The van der Waals surface area contributed by atoms with Crippen molar-refractivity contribution in [2.45, 2.75) is 13.3 Å². The molecule has 0 atom stereocenters. The van der Waals surface area contributed by atoms with Crippen LogP contribution in [0.2, 0.25) is 0 Å². The van der Waals surface area contributed by atoms with Gasteiger partial charge in [-0.05, 0) is 36.6 Å². The number of rotatable bonds is 5. The van der Waals surface area contributed by atoms with Gasteiger partial charge < -0.3 is 5.32 Å². The van der Waals surface area contributed by atoms with E-state index < -0.39 is 0 Å². The highest BCUT2D eigenvalue weighted by Gasteiger charge is 2.06. The van der Waals surface area contributed by atoms with Crippen molar-refractivity contribution in [2.75, 3.05) is 11.9 Å². The smallest absolute Gasteiger partial charge is 0.206 e. The Morgan fingerprint density at radius 3 is 2.71 bits per heavy atom. The molecule has 0 spiro atoms. The predicted molar refractivity (Wildman–Crippen MR) is 86.5 cm³/mol. The minimum atomic E-state index is 0.837. The molecule has 0 saturated heterocycles. The number of aromatic nitrogens is 3. The quantitative estimate of drug-likeness (QED) is 0.782. The van der Waals surface area contributed by atoms with Gasteiger partial charge in [0.15, 0.2) is 5.01 Å². The Hall–Kier alpha value is -2.27. The predicted octanol–water partition coefficient (Wildman–Crippen LogP) is 3.56. The molecule has 0 radical (unpaired) electrons. The third-order valence-corrected chi connectivity index (χ3v) is 4.14. The van der Waals surface area contributed by atoms with Crippen LogP contribution in [-0.2, 0) is 6.42 Å². The zero-order chi connectivity index (χ0) is 14.5. The number of anilines is 1. The minimum absolute atomic E-state index is 0.837. The maximum atomic E-state index is 4.28. The number of aryl methyl sites for hydroxylation is 1. The summed E-state index contributed by atoms with van der Waals surface area (Å²) in [6, 6.07) is 14.2. The molecule has 0 aliphatic rings. The average molecular weight is 296 g/mol. The molecule has 1 N–H and O–H groups in total. The summed E-state index contributed by atoms with van der Waals surface area (Å²) in [5.41, 5.74) is 3.55. The lowest BCUT2D eigenvalue weighted by atomic mass is 10.1. The molecule has 0 saturated carbocycles. The molecule has 0 fully saturated rings. The van der Waals surface area contributed by atoms with E-state index in [1.165, 1.54) is 22.5 Å². The Morgan fingerprint density at radius 2 is 1.90 bits per heavy atom. The van der Waals surface area contributed by atoms with Crippen molar-refractivity contribution >= 4 is 16.5 Å². The molecule has 0 unspecified atom stereocenters. The van der Waals surface area contributed by atoms with Crippen LogP contribution in [0.25, 0.3) is 10.7 Å². The van der Waals surface area contributed by atoms with Crippen LogP contribution >= 0.6 is 11.3 Å². The zero-order valence-corrected chi connectivity index (χ0v) is 12.6. The van der Waals surface area contributed by atoms with Crippen molar-refractivity contribution in [3.8, 4) is 10.7 Å². The highest BCUT2D eigenvalue weighted by atomic mass is 32.1. The first-order valence-electron chi connectivity index (χ1n) is 6.86. The summed E-state index contributed by atoms with van der Waals surface area (Å²) < 4.78 is 0. The van der Waals surface area contributed by atoms with Crippen molar-refractivity contribution in [3.63, 3.8) is 0 Å². The molecule has 4 nitrogen and oxygen atoms in total. The van der Waals surface area contributed by atoms with Gasteiger partial charge in [0.2, 0.25) is 5.13 Å². The molecule has 0 bridgehead atoms. The Labute approximate surface area is 127 Å². The molecular formula is C16H16N4S. The van der Waals surface area contributed by atoms with E-state index >= 15 is 0 Å². The van der Waals surface area contributed by atoms with E-state index in [0.29, 0.717) is 0 Å². The number of hydrogen-bond donors (Lipinski definition) is 1. The lowest BCUT2D eigenvalue weighted by molar-refractivity contribution is 0.985. The zero-order valence-electron chi connectivity index (χ0n) is 11.8. The van der Waals surface area contributed by atoms with Crippen molar-refractivity contribution in [2.24, 2.45) is 0 Å². The van der Waals surface area contributed by atoms with Crippen LogP contribution in [0, 0.1) is 6.92 Å². The van der Waals surface area contributed by atoms with Gasteiger partial charge in [-0.25, -0.2) is 0 Å². The standard InChI is InChI=1S/C16H16N4S/c1-12-6-2-3-7-13(12)9-11-18-16-20-19-15(21-16)14-8-4-5-10-17-14/h2-8,10H,9,11H2,1H3,(H,18,20). The van der Waals surface area contributed by atoms with E-state index in [1.54, 1.807) is 6.20 Å². The van der Waals surface area contributed by atoms with E-state index in [1.807, 2.05) is 18.2 Å². The molecule has 21 heavy (non-hydrogen) atoms. The molecule has 2 aromatic heterocycles. The lowest BCUT2D eigenvalue weighted by Gasteiger charge is -2.05. The molecule has 5 heteroatoms. The summed E-state index contributed by atoms with van der Waals surface area (Å²) in [4.78, 5) is 4.28. The second kappa shape index (κ2) is 6.45. The third-order valence-electron chi connectivity index (χ3n) is 3.24. The second-order valence-electron chi connectivity index (χ2n) is 4.73. The first kappa shape index (κ1) is 13.7. The fourth-order valence-corrected chi connectivity index (χ4v) is 2.83. The van der Waals surface area contributed by atoms with Gasteiger partial charge in [0.05, 0.1) is 0 Å². The monoisotopic (exact) mass is 296 g/mol. The maximum absolute atomic E-state index is 4.28. The van der Waals surface area contributed by atoms with Gasteiger partial charge in [-0.1, -0.05) is 41.7 Å². The van der Waals surface area contributed by atoms with Gasteiger partial charge in [0, 0.05) is 12.7 Å². The van der Waals surface area contributed by atoms with Crippen LogP contribution in [0.4, 0.5) is 5.13 Å². The number of nitrogens with zero attached hydrogens (tertiary/aromatic N) is 3. The summed E-state index contributed by atoms with van der Waals surface area (Å²) in [6.07, 6.45) is 2.74. The SMILES string of the molecule is Cc1ccccc1CCNc1nnc(-c2ccccn2)s1. The molecule has 0 aliphatic carbocycles. The Kier molecular flexibility index (Phi) is 4.21. The maximum Gasteiger partial charge on any atom is 0.206 e. The van der Waals surface area contributed by atoms with Gasteiger partial charge in [-0.3, -0.25) is 4.98 Å². The molecule has 2 heterocycles. The molecule has 0 amide bonds. The van der Waals surface area contributed by atoms with Crippen LogP contribution in [0.1, 0.15) is 11.1 Å². The van der Waals surface area contributed by atoms with Crippen LogP contribution in [0.3, 0.4) is 0 Å². The van der Waals surface area contributed by atoms with Crippen molar-refractivity contribution in [3.05, 3.63) is 59.8 Å². The number of hydrogen-bond acceptors (Lipinski definition) is 5. The summed E-state index contributed by atoms with van der Waals surface area (Å²) in [5.74, 6) is 0. The summed E-state index contributed by atoms with van der Waals surface area (Å²) in [7, 11) is 0. The molecule has 106 valence electrons. The van der Waals surface area contributed by atoms with Crippen LogP contribution in [0.15, 0.2) is 48.7 Å². The summed E-state index contributed by atoms with van der Waals surface area (Å²) >= 11 is 1.53. The average Bonchev–Trinajstić information content (AvgIpc) is 2.99. The minimum Gasteiger partial charge on any atom is -0.360 e. The Bertz CT molecular complexity index is 709. The topological polar surface area (TPSA) is 50.7 Å². The third kappa shape index (κ3) is 3.44. The first-order chi connectivity index (χ1) is 10.3. The molecule has 1 aromatic carbocycles. The van der Waals surface area contributed by atoms with E-state index in [9.17, 15) is 0 Å².